The van der Waals surface area contributed by atoms with E-state index < -0.39 is 46.3 Å². The van der Waals surface area contributed by atoms with Gasteiger partial charge in [0, 0.05) is 29.1 Å². The summed E-state index contributed by atoms with van der Waals surface area (Å²) in [5, 5.41) is 29.7. The number of ketones is 1. The third-order valence-corrected chi connectivity index (χ3v) is 9.42. The van der Waals surface area contributed by atoms with Crippen molar-refractivity contribution in [3.05, 3.63) is 194 Å². The van der Waals surface area contributed by atoms with Crippen molar-refractivity contribution in [2.45, 2.75) is 72.6 Å². The molecule has 4 heterocycles. The van der Waals surface area contributed by atoms with Gasteiger partial charge in [0.2, 0.25) is 17.7 Å². The third-order valence-electron chi connectivity index (χ3n) is 9.42. The third kappa shape index (κ3) is 9.81. The van der Waals surface area contributed by atoms with E-state index in [9.17, 15) is 48.4 Å². The molecule has 1 unspecified atom stereocenters. The van der Waals surface area contributed by atoms with Gasteiger partial charge < -0.3 is 5.11 Å². The Hall–Kier alpha value is -7.43. The SMILES string of the molecule is Cc1cc(C#N)cc(C(=O)c2c(C(C)C)c(=O)[nH]c(=O)n2Cc2ccnc(F)c2)c1.Cc1cc(C#N)cc(C(O)c2c(C(C)C)c(=O)[nH]c(=O)n2Cc2ccnc(F)c2)c1. The first-order valence-electron chi connectivity index (χ1n) is 18.6. The normalized spacial score (nSPS) is 11.4. The zero-order valence-electron chi connectivity index (χ0n) is 33.5. The second-order valence-electron chi connectivity index (χ2n) is 14.7. The van der Waals surface area contributed by atoms with Crippen LogP contribution in [0, 0.1) is 48.4 Å². The van der Waals surface area contributed by atoms with Gasteiger partial charge >= 0.3 is 11.4 Å². The summed E-state index contributed by atoms with van der Waals surface area (Å²) in [6.07, 6.45) is 1.20. The van der Waals surface area contributed by atoms with Crippen LogP contribution in [0.25, 0.3) is 0 Å². The fourth-order valence-electron chi connectivity index (χ4n) is 6.89. The van der Waals surface area contributed by atoms with E-state index in [0.717, 1.165) is 16.2 Å². The Balaban J connectivity index is 0.000000228. The first-order valence-corrected chi connectivity index (χ1v) is 18.6. The first-order chi connectivity index (χ1) is 28.4. The molecule has 0 spiro atoms. The number of aromatic amines is 2. The number of nitriles is 2. The van der Waals surface area contributed by atoms with E-state index in [0.29, 0.717) is 33.4 Å². The minimum absolute atomic E-state index is 0.0713. The van der Waals surface area contributed by atoms with E-state index in [1.54, 1.807) is 71.9 Å². The molecule has 6 rings (SSSR count). The number of pyridine rings is 2. The maximum atomic E-state index is 13.6. The van der Waals surface area contributed by atoms with E-state index in [1.165, 1.54) is 41.2 Å². The van der Waals surface area contributed by atoms with Crippen molar-refractivity contribution in [1.82, 2.24) is 29.1 Å². The van der Waals surface area contributed by atoms with Gasteiger partial charge in [-0.05, 0) is 108 Å². The number of nitrogens with zero attached hydrogens (tertiary/aromatic N) is 6. The van der Waals surface area contributed by atoms with E-state index in [1.807, 2.05) is 12.1 Å². The molecule has 0 bridgehead atoms. The maximum absolute atomic E-state index is 13.6. The van der Waals surface area contributed by atoms with Crippen molar-refractivity contribution in [3.8, 4) is 12.1 Å². The van der Waals surface area contributed by atoms with Crippen LogP contribution in [0.3, 0.4) is 0 Å². The van der Waals surface area contributed by atoms with Gasteiger partial charge in [0.1, 0.15) is 11.8 Å². The molecule has 0 saturated carbocycles. The molecular weight excluding hydrogens is 775 g/mol. The number of halogens is 2. The Bertz CT molecular complexity index is 2950. The molecule has 0 aliphatic carbocycles. The molecular formula is C44H40F2N8O6. The van der Waals surface area contributed by atoms with Crippen LogP contribution in [0.5, 0.6) is 0 Å². The van der Waals surface area contributed by atoms with Crippen molar-refractivity contribution in [2.24, 2.45) is 0 Å². The van der Waals surface area contributed by atoms with Gasteiger partial charge in [0.15, 0.2) is 0 Å². The predicted molar refractivity (Wildman–Crippen MR) is 217 cm³/mol. The fraction of sp³-hybridized carbons (Fsp3) is 0.250. The van der Waals surface area contributed by atoms with Gasteiger partial charge in [-0.2, -0.15) is 19.3 Å². The van der Waals surface area contributed by atoms with Crippen LogP contribution < -0.4 is 22.5 Å². The van der Waals surface area contributed by atoms with Crippen LogP contribution in [0.15, 0.2) is 92.2 Å². The lowest BCUT2D eigenvalue weighted by Gasteiger charge is -2.23. The second-order valence-corrected chi connectivity index (χ2v) is 14.7. The van der Waals surface area contributed by atoms with E-state index in [4.69, 9.17) is 0 Å². The predicted octanol–water partition coefficient (Wildman–Crippen LogP) is 5.16. The number of aryl methyl sites for hydroxylation is 2. The summed E-state index contributed by atoms with van der Waals surface area (Å²) in [6, 6.07) is 19.0. The summed E-state index contributed by atoms with van der Waals surface area (Å²) >= 11 is 0. The summed E-state index contributed by atoms with van der Waals surface area (Å²) in [6.45, 7) is 10.3. The summed E-state index contributed by atoms with van der Waals surface area (Å²) in [4.78, 5) is 75.4. The molecule has 4 aromatic heterocycles. The highest BCUT2D eigenvalue weighted by Crippen LogP contribution is 2.29. The van der Waals surface area contributed by atoms with Crippen LogP contribution in [0.4, 0.5) is 8.78 Å². The molecule has 0 fully saturated rings. The number of hydrogen-bond acceptors (Lipinski definition) is 10. The van der Waals surface area contributed by atoms with Crippen LogP contribution in [-0.4, -0.2) is 40.0 Å². The highest BCUT2D eigenvalue weighted by molar-refractivity contribution is 6.09. The molecule has 14 nitrogen and oxygen atoms in total. The lowest BCUT2D eigenvalue weighted by atomic mass is 9.94. The average molecular weight is 815 g/mol. The van der Waals surface area contributed by atoms with Crippen LogP contribution in [0.1, 0.15) is 117 Å². The Morgan fingerprint density at radius 2 is 1.20 bits per heavy atom. The quantitative estimate of drug-likeness (QED) is 0.122. The molecule has 0 amide bonds. The fourth-order valence-corrected chi connectivity index (χ4v) is 6.89. The molecule has 0 radical (unpaired) electrons. The Labute approximate surface area is 341 Å². The van der Waals surface area contributed by atoms with E-state index in [2.05, 4.69) is 19.9 Å². The smallest absolute Gasteiger partial charge is 0.329 e. The topological polar surface area (TPSA) is 220 Å². The zero-order chi connectivity index (χ0) is 44.0. The monoisotopic (exact) mass is 814 g/mol. The summed E-state index contributed by atoms with van der Waals surface area (Å²) < 4.78 is 29.5. The van der Waals surface area contributed by atoms with Crippen molar-refractivity contribution in [2.75, 3.05) is 0 Å². The number of aliphatic hydroxyl groups is 1. The number of aromatic nitrogens is 6. The van der Waals surface area contributed by atoms with Gasteiger partial charge in [0.05, 0.1) is 42.0 Å². The number of carbonyl (C=O) groups is 1. The van der Waals surface area contributed by atoms with Gasteiger partial charge in [-0.1, -0.05) is 33.8 Å². The van der Waals surface area contributed by atoms with Crippen molar-refractivity contribution < 1.29 is 18.7 Å². The number of rotatable bonds is 10. The van der Waals surface area contributed by atoms with Crippen molar-refractivity contribution in [3.63, 3.8) is 0 Å². The summed E-state index contributed by atoms with van der Waals surface area (Å²) in [5.41, 5.74) is 1.21. The molecule has 16 heteroatoms. The minimum Gasteiger partial charge on any atom is -0.382 e. The molecule has 60 heavy (non-hydrogen) atoms. The van der Waals surface area contributed by atoms with Gasteiger partial charge in [-0.3, -0.25) is 33.5 Å². The molecule has 0 aliphatic heterocycles. The van der Waals surface area contributed by atoms with Gasteiger partial charge in [0.25, 0.3) is 11.1 Å². The second kappa shape index (κ2) is 18.4. The van der Waals surface area contributed by atoms with Gasteiger partial charge in [-0.15, -0.1) is 0 Å². The van der Waals surface area contributed by atoms with E-state index in [-0.39, 0.29) is 53.0 Å². The molecule has 0 aliphatic rings. The van der Waals surface area contributed by atoms with Crippen LogP contribution in [0.2, 0.25) is 0 Å². The van der Waals surface area contributed by atoms with Gasteiger partial charge in [-0.25, -0.2) is 19.6 Å². The lowest BCUT2D eigenvalue weighted by Crippen LogP contribution is -2.38. The largest absolute Gasteiger partial charge is 0.382 e. The number of benzene rings is 2. The number of carbonyl (C=O) groups excluding carboxylic acids is 1. The standard InChI is InChI=1S/C22H21FN4O3.C22H19FN4O3/c2*1-12(2)18-19(20(28)16-7-13(3)6-15(8-16)10-24)27(22(30)26-21(18)29)11-14-4-5-25-17(23)9-14/h4-9,12,20,28H,11H2,1-3H3,(H,26,29,30);4-9,12H,11H2,1-3H3,(H,26,29,30). The lowest BCUT2D eigenvalue weighted by molar-refractivity contribution is 0.102. The molecule has 3 N–H and O–H groups in total. The molecule has 6 aromatic rings. The zero-order valence-corrected chi connectivity index (χ0v) is 33.5. The number of hydrogen-bond donors (Lipinski definition) is 3. The first kappa shape index (κ1) is 43.7. The molecule has 1 atom stereocenters. The number of H-pyrrole nitrogens is 2. The minimum atomic E-state index is -1.34. The van der Waals surface area contributed by atoms with Crippen molar-refractivity contribution >= 4 is 5.78 Å². The van der Waals surface area contributed by atoms with Crippen LogP contribution in [-0.2, 0) is 13.1 Å². The van der Waals surface area contributed by atoms with Crippen molar-refractivity contribution in [1.29, 1.82) is 10.5 Å². The Kier molecular flexibility index (Phi) is 13.4. The Morgan fingerprint density at radius 1 is 0.717 bits per heavy atom. The number of nitrogens with one attached hydrogen (secondary N) is 2. The summed E-state index contributed by atoms with van der Waals surface area (Å²) in [7, 11) is 0. The van der Waals surface area contributed by atoms with E-state index >= 15 is 0 Å². The molecule has 0 saturated heterocycles. The molecule has 2 aromatic carbocycles. The average Bonchev–Trinajstić information content (AvgIpc) is 3.18. The number of aliphatic hydroxyl groups excluding tert-OH is 1. The molecule has 306 valence electrons. The highest BCUT2D eigenvalue weighted by atomic mass is 19.1. The maximum Gasteiger partial charge on any atom is 0.329 e. The summed E-state index contributed by atoms with van der Waals surface area (Å²) in [5.74, 6) is -2.65. The highest BCUT2D eigenvalue weighted by Gasteiger charge is 2.27. The van der Waals surface area contributed by atoms with Crippen LogP contribution >= 0.6 is 0 Å². The Morgan fingerprint density at radius 3 is 1.72 bits per heavy atom.